The Morgan fingerprint density at radius 2 is 1.55 bits per heavy atom. The van der Waals surface area contributed by atoms with Gasteiger partial charge in [0.05, 0.1) is 16.6 Å². The zero-order chi connectivity index (χ0) is 21.8. The normalized spacial score (nSPS) is 11.7. The minimum atomic E-state index is -3.30. The first-order chi connectivity index (χ1) is 14.9. The van der Waals surface area contributed by atoms with Gasteiger partial charge in [0.25, 0.3) is 0 Å². The third kappa shape index (κ3) is 4.73. The smallest absolute Gasteiger partial charge is 0.214 e. The first-order valence-electron chi connectivity index (χ1n) is 10.1. The van der Waals surface area contributed by atoms with E-state index in [0.717, 1.165) is 39.5 Å². The molecule has 0 aliphatic carbocycles. The van der Waals surface area contributed by atoms with Crippen molar-refractivity contribution in [2.45, 2.75) is 25.6 Å². The minimum Gasteiger partial charge on any atom is -0.337 e. The number of aromatic nitrogens is 3. The molecule has 31 heavy (non-hydrogen) atoms. The van der Waals surface area contributed by atoms with Crippen molar-refractivity contribution in [3.8, 4) is 33.9 Å². The van der Waals surface area contributed by atoms with E-state index in [9.17, 15) is 8.42 Å². The van der Waals surface area contributed by atoms with Crippen LogP contribution in [0.15, 0.2) is 79.1 Å². The molecule has 158 valence electrons. The van der Waals surface area contributed by atoms with Gasteiger partial charge in [-0.05, 0) is 31.5 Å². The lowest BCUT2D eigenvalue weighted by Crippen LogP contribution is -2.30. The molecule has 4 rings (SSSR count). The molecule has 2 aromatic carbocycles. The van der Waals surface area contributed by atoms with Crippen LogP contribution in [0.5, 0.6) is 0 Å². The van der Waals surface area contributed by atoms with Gasteiger partial charge in [0.1, 0.15) is 5.82 Å². The number of benzene rings is 2. The Labute approximate surface area is 182 Å². The molecule has 0 fully saturated rings. The van der Waals surface area contributed by atoms with Gasteiger partial charge in [0.2, 0.25) is 10.0 Å². The van der Waals surface area contributed by atoms with Crippen molar-refractivity contribution in [1.29, 1.82) is 0 Å². The number of hydrogen-bond donors (Lipinski definition) is 2. The van der Waals surface area contributed by atoms with Crippen LogP contribution in [0.4, 0.5) is 0 Å². The first-order valence-corrected chi connectivity index (χ1v) is 11.6. The number of hydrogen-bond acceptors (Lipinski definition) is 4. The summed E-state index contributed by atoms with van der Waals surface area (Å²) in [6, 6.07) is 21.7. The van der Waals surface area contributed by atoms with Crippen LogP contribution < -0.4 is 4.72 Å². The summed E-state index contributed by atoms with van der Waals surface area (Å²) in [6.07, 6.45) is 3.50. The van der Waals surface area contributed by atoms with Crippen LogP contribution in [0, 0.1) is 0 Å². The molecule has 0 radical (unpaired) electrons. The Balaban J connectivity index is 1.68. The lowest BCUT2D eigenvalue weighted by molar-refractivity contribution is 0.572. The van der Waals surface area contributed by atoms with Gasteiger partial charge in [-0.3, -0.25) is 4.98 Å². The van der Waals surface area contributed by atoms with E-state index in [1.807, 2.05) is 66.7 Å². The van der Waals surface area contributed by atoms with Crippen molar-refractivity contribution >= 4 is 10.0 Å². The minimum absolute atomic E-state index is 0.260. The van der Waals surface area contributed by atoms with Crippen molar-refractivity contribution in [3.63, 3.8) is 0 Å². The number of imidazole rings is 1. The van der Waals surface area contributed by atoms with Gasteiger partial charge in [-0.2, -0.15) is 0 Å². The average Bonchev–Trinajstić information content (AvgIpc) is 3.25. The number of sulfonamides is 1. The van der Waals surface area contributed by atoms with Gasteiger partial charge in [0, 0.05) is 35.6 Å². The summed E-state index contributed by atoms with van der Waals surface area (Å²) in [4.78, 5) is 12.4. The van der Waals surface area contributed by atoms with Crippen LogP contribution >= 0.6 is 0 Å². The molecule has 2 aromatic heterocycles. The van der Waals surface area contributed by atoms with E-state index in [1.54, 1.807) is 26.2 Å². The van der Waals surface area contributed by atoms with Gasteiger partial charge in [0.15, 0.2) is 0 Å². The van der Waals surface area contributed by atoms with Gasteiger partial charge < -0.3 is 4.98 Å². The van der Waals surface area contributed by atoms with E-state index < -0.39 is 15.3 Å². The van der Waals surface area contributed by atoms with Crippen LogP contribution in [-0.2, 0) is 16.6 Å². The van der Waals surface area contributed by atoms with Crippen LogP contribution in [0.1, 0.15) is 19.4 Å². The lowest BCUT2D eigenvalue weighted by Gasteiger charge is -2.10. The number of nitrogens with zero attached hydrogens (tertiary/aromatic N) is 2. The zero-order valence-electron chi connectivity index (χ0n) is 17.4. The maximum atomic E-state index is 12.0. The predicted molar refractivity (Wildman–Crippen MR) is 124 cm³/mol. The summed E-state index contributed by atoms with van der Waals surface area (Å²) < 4.78 is 26.6. The molecule has 4 aromatic rings. The molecular weight excluding hydrogens is 408 g/mol. The standard InChI is InChI=1S/C24H24N4O2S/c1-17(2)31(29,30)26-16-18-8-10-19(11-9-18)22-23(20-12-14-25-15-13-20)28-24(27-22)21-6-4-3-5-7-21/h3-15,17,26H,16H2,1-2H3,(H,27,28). The third-order valence-corrected chi connectivity index (χ3v) is 6.83. The number of pyridine rings is 1. The summed E-state index contributed by atoms with van der Waals surface area (Å²) in [6.45, 7) is 3.58. The Hall–Kier alpha value is -3.29. The number of nitrogens with one attached hydrogen (secondary N) is 2. The molecule has 0 atom stereocenters. The highest BCUT2D eigenvalue weighted by Gasteiger charge is 2.17. The molecule has 2 N–H and O–H groups in total. The molecule has 0 unspecified atom stereocenters. The van der Waals surface area contributed by atoms with E-state index in [2.05, 4.69) is 14.7 Å². The Morgan fingerprint density at radius 1 is 0.871 bits per heavy atom. The van der Waals surface area contributed by atoms with E-state index in [0.29, 0.717) is 0 Å². The molecule has 0 aliphatic rings. The average molecular weight is 433 g/mol. The second-order valence-electron chi connectivity index (χ2n) is 7.52. The molecule has 0 spiro atoms. The van der Waals surface area contributed by atoms with Crippen molar-refractivity contribution in [2.24, 2.45) is 0 Å². The lowest BCUT2D eigenvalue weighted by atomic mass is 10.0. The second-order valence-corrected chi connectivity index (χ2v) is 9.84. The van der Waals surface area contributed by atoms with Crippen molar-refractivity contribution < 1.29 is 8.42 Å². The molecule has 6 nitrogen and oxygen atoms in total. The fourth-order valence-electron chi connectivity index (χ4n) is 3.17. The Bertz CT molecular complexity index is 1250. The van der Waals surface area contributed by atoms with Crippen LogP contribution in [0.2, 0.25) is 0 Å². The van der Waals surface area contributed by atoms with Gasteiger partial charge in [-0.1, -0.05) is 54.6 Å². The summed E-state index contributed by atoms with van der Waals surface area (Å²) in [5, 5.41) is -0.462. The Morgan fingerprint density at radius 3 is 2.19 bits per heavy atom. The fourth-order valence-corrected chi connectivity index (χ4v) is 3.87. The van der Waals surface area contributed by atoms with E-state index in [-0.39, 0.29) is 6.54 Å². The molecule has 0 amide bonds. The molecule has 2 heterocycles. The number of aromatic amines is 1. The van der Waals surface area contributed by atoms with E-state index in [1.165, 1.54) is 0 Å². The van der Waals surface area contributed by atoms with Crippen molar-refractivity contribution in [3.05, 3.63) is 84.7 Å². The topological polar surface area (TPSA) is 87.7 Å². The summed E-state index contributed by atoms with van der Waals surface area (Å²) in [7, 11) is -3.30. The quantitative estimate of drug-likeness (QED) is 0.446. The maximum Gasteiger partial charge on any atom is 0.214 e. The summed E-state index contributed by atoms with van der Waals surface area (Å²) in [5.74, 6) is 0.788. The highest BCUT2D eigenvalue weighted by atomic mass is 32.2. The molecule has 7 heteroatoms. The SMILES string of the molecule is CC(C)S(=O)(=O)NCc1ccc(-c2[nH]c(-c3ccccc3)nc2-c2ccncc2)cc1. The largest absolute Gasteiger partial charge is 0.337 e. The highest BCUT2D eigenvalue weighted by Crippen LogP contribution is 2.32. The molecule has 0 saturated carbocycles. The fraction of sp³-hybridized carbons (Fsp3) is 0.167. The Kier molecular flexibility index (Phi) is 5.97. The molecular formula is C24H24N4O2S. The third-order valence-electron chi connectivity index (χ3n) is 5.05. The molecule has 0 aliphatic heterocycles. The van der Waals surface area contributed by atoms with Gasteiger partial charge in [-0.15, -0.1) is 0 Å². The van der Waals surface area contributed by atoms with Gasteiger partial charge >= 0.3 is 0 Å². The van der Waals surface area contributed by atoms with E-state index in [4.69, 9.17) is 4.98 Å². The summed E-state index contributed by atoms with van der Waals surface area (Å²) in [5.41, 5.74) is 5.58. The first kappa shape index (κ1) is 21.0. The predicted octanol–water partition coefficient (Wildman–Crippen LogP) is 4.63. The maximum absolute atomic E-state index is 12.0. The van der Waals surface area contributed by atoms with Crippen LogP contribution in [0.25, 0.3) is 33.9 Å². The van der Waals surface area contributed by atoms with Crippen LogP contribution in [0.3, 0.4) is 0 Å². The number of rotatable bonds is 7. The van der Waals surface area contributed by atoms with E-state index >= 15 is 0 Å². The van der Waals surface area contributed by atoms with Crippen molar-refractivity contribution in [1.82, 2.24) is 19.7 Å². The number of H-pyrrole nitrogens is 1. The van der Waals surface area contributed by atoms with Crippen LogP contribution in [-0.4, -0.2) is 28.6 Å². The van der Waals surface area contributed by atoms with Crippen molar-refractivity contribution in [2.75, 3.05) is 0 Å². The second kappa shape index (κ2) is 8.83. The van der Waals surface area contributed by atoms with Gasteiger partial charge in [-0.25, -0.2) is 18.1 Å². The monoisotopic (exact) mass is 432 g/mol. The molecule has 0 saturated heterocycles. The highest BCUT2D eigenvalue weighted by molar-refractivity contribution is 7.90. The zero-order valence-corrected chi connectivity index (χ0v) is 18.2. The summed E-state index contributed by atoms with van der Waals surface area (Å²) >= 11 is 0. The molecule has 0 bridgehead atoms.